The van der Waals surface area contributed by atoms with Crippen LogP contribution in [-0.4, -0.2) is 38.4 Å². The van der Waals surface area contributed by atoms with Gasteiger partial charge in [0, 0.05) is 16.7 Å². The molecule has 3 aromatic rings. The highest BCUT2D eigenvalue weighted by molar-refractivity contribution is 9.10. The van der Waals surface area contributed by atoms with Crippen molar-refractivity contribution in [1.29, 1.82) is 0 Å². The number of esters is 1. The summed E-state index contributed by atoms with van der Waals surface area (Å²) in [6.07, 6.45) is 1.33. The maximum absolute atomic E-state index is 12.6. The van der Waals surface area contributed by atoms with Crippen molar-refractivity contribution >= 4 is 33.6 Å². The number of carbonyl (C=O) groups is 2. The lowest BCUT2D eigenvalue weighted by Crippen LogP contribution is -2.25. The Kier molecular flexibility index (Phi) is 6.03. The van der Waals surface area contributed by atoms with Crippen LogP contribution in [0.5, 0.6) is 5.75 Å². The highest BCUT2D eigenvalue weighted by atomic mass is 79.9. The van der Waals surface area contributed by atoms with E-state index in [0.717, 1.165) is 15.2 Å². The molecule has 2 aromatic heterocycles. The zero-order valence-corrected chi connectivity index (χ0v) is 16.7. The molecule has 9 nitrogen and oxygen atoms in total. The summed E-state index contributed by atoms with van der Waals surface area (Å²) in [6.45, 7) is 1.88. The standard InChI is InChI=1S/C19H15BrN4O5/c1-2-29-19(28)11-7-8-21-15(9-11)22-18(27)17-14(25)10-16(26)24(23-17)13-5-3-12(20)4-6-13/h3-10,25H,2H2,1H3,(H,21,22,27). The molecule has 0 fully saturated rings. The summed E-state index contributed by atoms with van der Waals surface area (Å²) in [7, 11) is 0. The molecule has 0 spiro atoms. The molecule has 1 amide bonds. The van der Waals surface area contributed by atoms with Crippen molar-refractivity contribution in [2.75, 3.05) is 11.9 Å². The molecule has 2 N–H and O–H groups in total. The number of ether oxygens (including phenoxy) is 1. The van der Waals surface area contributed by atoms with Crippen molar-refractivity contribution < 1.29 is 19.4 Å². The van der Waals surface area contributed by atoms with E-state index in [-0.39, 0.29) is 23.7 Å². The third kappa shape index (κ3) is 4.66. The number of halogens is 1. The van der Waals surface area contributed by atoms with Gasteiger partial charge >= 0.3 is 5.97 Å². The molecule has 0 bridgehead atoms. The Morgan fingerprint density at radius 2 is 1.93 bits per heavy atom. The van der Waals surface area contributed by atoms with Crippen LogP contribution >= 0.6 is 15.9 Å². The predicted molar refractivity (Wildman–Crippen MR) is 107 cm³/mol. The number of hydrogen-bond donors (Lipinski definition) is 2. The topological polar surface area (TPSA) is 123 Å². The number of pyridine rings is 1. The zero-order chi connectivity index (χ0) is 21.0. The van der Waals surface area contributed by atoms with Crippen LogP contribution in [-0.2, 0) is 4.74 Å². The highest BCUT2D eigenvalue weighted by Crippen LogP contribution is 2.17. The fourth-order valence-electron chi connectivity index (χ4n) is 2.39. The Labute approximate surface area is 173 Å². The Balaban J connectivity index is 1.91. The predicted octanol–water partition coefficient (Wildman–Crippen LogP) is 2.52. The van der Waals surface area contributed by atoms with Gasteiger partial charge in [0.05, 0.1) is 17.9 Å². The third-order valence-corrected chi connectivity index (χ3v) is 4.24. The van der Waals surface area contributed by atoms with E-state index in [0.29, 0.717) is 5.69 Å². The number of carbonyl (C=O) groups excluding carboxylic acids is 2. The first-order valence-electron chi connectivity index (χ1n) is 8.43. The summed E-state index contributed by atoms with van der Waals surface area (Å²) in [5.41, 5.74) is -0.372. The summed E-state index contributed by atoms with van der Waals surface area (Å²) in [5, 5.41) is 16.4. The highest BCUT2D eigenvalue weighted by Gasteiger charge is 2.18. The Hall–Kier alpha value is -3.53. The van der Waals surface area contributed by atoms with Gasteiger partial charge in [0.2, 0.25) is 0 Å². The number of rotatable bonds is 5. The van der Waals surface area contributed by atoms with E-state index >= 15 is 0 Å². The lowest BCUT2D eigenvalue weighted by Gasteiger charge is -2.10. The van der Waals surface area contributed by atoms with Crippen LogP contribution in [0.25, 0.3) is 5.69 Å². The molecular weight excluding hydrogens is 444 g/mol. The van der Waals surface area contributed by atoms with Crippen molar-refractivity contribution in [2.24, 2.45) is 0 Å². The van der Waals surface area contributed by atoms with Gasteiger partial charge in [0.15, 0.2) is 11.4 Å². The molecule has 0 aliphatic heterocycles. The number of hydrogen-bond acceptors (Lipinski definition) is 7. The van der Waals surface area contributed by atoms with Gasteiger partial charge in [0.1, 0.15) is 5.82 Å². The zero-order valence-electron chi connectivity index (χ0n) is 15.1. The molecule has 10 heteroatoms. The van der Waals surface area contributed by atoms with E-state index in [4.69, 9.17) is 4.74 Å². The largest absolute Gasteiger partial charge is 0.505 e. The maximum atomic E-state index is 12.6. The van der Waals surface area contributed by atoms with Crippen LogP contribution < -0.4 is 10.9 Å². The number of nitrogens with zero attached hydrogens (tertiary/aromatic N) is 3. The quantitative estimate of drug-likeness (QED) is 0.562. The van der Waals surface area contributed by atoms with Crippen molar-refractivity contribution in [3.63, 3.8) is 0 Å². The first kappa shape index (κ1) is 20.2. The maximum Gasteiger partial charge on any atom is 0.338 e. The van der Waals surface area contributed by atoms with Gasteiger partial charge in [-0.25, -0.2) is 9.78 Å². The molecule has 0 aliphatic carbocycles. The second-order valence-corrected chi connectivity index (χ2v) is 6.62. The lowest BCUT2D eigenvalue weighted by atomic mass is 10.2. The van der Waals surface area contributed by atoms with Crippen LogP contribution in [0.4, 0.5) is 5.82 Å². The molecule has 1 aromatic carbocycles. The smallest absolute Gasteiger partial charge is 0.338 e. The fraction of sp³-hybridized carbons (Fsp3) is 0.105. The number of benzene rings is 1. The number of nitrogens with one attached hydrogen (secondary N) is 1. The molecule has 0 saturated heterocycles. The Bertz CT molecular complexity index is 1130. The average molecular weight is 459 g/mol. The van der Waals surface area contributed by atoms with Crippen LogP contribution in [0.3, 0.4) is 0 Å². The normalized spacial score (nSPS) is 10.4. The van der Waals surface area contributed by atoms with E-state index in [1.807, 2.05) is 0 Å². The van der Waals surface area contributed by atoms with Gasteiger partial charge < -0.3 is 15.2 Å². The molecule has 2 heterocycles. The molecule has 0 atom stereocenters. The molecule has 0 aliphatic rings. The summed E-state index contributed by atoms with van der Waals surface area (Å²) in [5.74, 6) is -1.89. The summed E-state index contributed by atoms with van der Waals surface area (Å²) < 4.78 is 6.70. The van der Waals surface area contributed by atoms with Gasteiger partial charge in [-0.2, -0.15) is 9.78 Å². The summed E-state index contributed by atoms with van der Waals surface area (Å²) in [6, 6.07) is 10.3. The Morgan fingerprint density at radius 3 is 2.62 bits per heavy atom. The molecule has 0 radical (unpaired) electrons. The lowest BCUT2D eigenvalue weighted by molar-refractivity contribution is 0.0526. The van der Waals surface area contributed by atoms with E-state index in [2.05, 4.69) is 31.3 Å². The van der Waals surface area contributed by atoms with Gasteiger partial charge in [0.25, 0.3) is 11.5 Å². The molecular formula is C19H15BrN4O5. The van der Waals surface area contributed by atoms with Crippen molar-refractivity contribution in [1.82, 2.24) is 14.8 Å². The molecule has 29 heavy (non-hydrogen) atoms. The summed E-state index contributed by atoms with van der Waals surface area (Å²) >= 11 is 3.30. The number of aromatic nitrogens is 3. The minimum absolute atomic E-state index is 0.0585. The van der Waals surface area contributed by atoms with Crippen LogP contribution in [0.1, 0.15) is 27.8 Å². The van der Waals surface area contributed by atoms with Crippen LogP contribution in [0.2, 0.25) is 0 Å². The SMILES string of the molecule is CCOC(=O)c1ccnc(NC(=O)c2nn(-c3ccc(Br)cc3)c(=O)cc2O)c1. The number of aromatic hydroxyl groups is 1. The molecule has 0 unspecified atom stereocenters. The van der Waals surface area contributed by atoms with Gasteiger partial charge in [-0.05, 0) is 43.3 Å². The first-order chi connectivity index (χ1) is 13.9. The minimum atomic E-state index is -0.804. The number of amides is 1. The Morgan fingerprint density at radius 1 is 1.21 bits per heavy atom. The fourth-order valence-corrected chi connectivity index (χ4v) is 2.66. The summed E-state index contributed by atoms with van der Waals surface area (Å²) in [4.78, 5) is 40.5. The second kappa shape index (κ2) is 8.65. The van der Waals surface area contributed by atoms with Gasteiger partial charge in [-0.3, -0.25) is 9.59 Å². The van der Waals surface area contributed by atoms with Crippen LogP contribution in [0, 0.1) is 0 Å². The molecule has 3 rings (SSSR count). The average Bonchev–Trinajstić information content (AvgIpc) is 2.69. The monoisotopic (exact) mass is 458 g/mol. The first-order valence-corrected chi connectivity index (χ1v) is 9.22. The van der Waals surface area contributed by atoms with E-state index in [1.54, 1.807) is 31.2 Å². The van der Waals surface area contributed by atoms with Gasteiger partial charge in [-0.1, -0.05) is 15.9 Å². The van der Waals surface area contributed by atoms with Crippen molar-refractivity contribution in [3.05, 3.63) is 74.7 Å². The van der Waals surface area contributed by atoms with E-state index < -0.39 is 23.2 Å². The van der Waals surface area contributed by atoms with Crippen molar-refractivity contribution in [2.45, 2.75) is 6.92 Å². The third-order valence-electron chi connectivity index (χ3n) is 3.71. The van der Waals surface area contributed by atoms with E-state index in [9.17, 15) is 19.5 Å². The van der Waals surface area contributed by atoms with Gasteiger partial charge in [-0.15, -0.1) is 0 Å². The minimum Gasteiger partial charge on any atom is -0.505 e. The second-order valence-electron chi connectivity index (χ2n) is 5.71. The molecule has 148 valence electrons. The van der Waals surface area contributed by atoms with Crippen LogP contribution in [0.15, 0.2) is 57.9 Å². The molecule has 0 saturated carbocycles. The van der Waals surface area contributed by atoms with Crippen molar-refractivity contribution in [3.8, 4) is 11.4 Å². The van der Waals surface area contributed by atoms with E-state index in [1.165, 1.54) is 18.3 Å². The number of anilines is 1.